The maximum absolute atomic E-state index is 12.3. The first kappa shape index (κ1) is 12.9. The van der Waals surface area contributed by atoms with Gasteiger partial charge in [0.1, 0.15) is 0 Å². The van der Waals surface area contributed by atoms with Crippen LogP contribution >= 0.6 is 0 Å². The van der Waals surface area contributed by atoms with Gasteiger partial charge in [0, 0.05) is 19.1 Å². The van der Waals surface area contributed by atoms with Crippen molar-refractivity contribution in [2.45, 2.75) is 51.0 Å². The standard InChI is InChI=1S/C17H26N2O/c18-15-2-4-19(11-15)16(20)1-3-17-8-12-5-13(9-17)7-14(6-12)10-17/h1,3,12-15H,2,4-11,18H2/b3-1+. The van der Waals surface area contributed by atoms with E-state index in [4.69, 9.17) is 5.73 Å². The first-order chi connectivity index (χ1) is 9.62. The third-order valence-electron chi connectivity index (χ3n) is 6.20. The molecule has 2 N–H and O–H groups in total. The summed E-state index contributed by atoms with van der Waals surface area (Å²) in [5.74, 6) is 3.03. The molecule has 0 aromatic carbocycles. The maximum atomic E-state index is 12.3. The highest BCUT2D eigenvalue weighted by Gasteiger charge is 2.49. The van der Waals surface area contributed by atoms with Crippen LogP contribution in [0.25, 0.3) is 0 Å². The largest absolute Gasteiger partial charge is 0.338 e. The van der Waals surface area contributed by atoms with Gasteiger partial charge in [-0.05, 0) is 74.2 Å². The van der Waals surface area contributed by atoms with Crippen molar-refractivity contribution in [3.8, 4) is 0 Å². The lowest BCUT2D eigenvalue weighted by Gasteiger charge is -2.55. The van der Waals surface area contributed by atoms with E-state index in [1.807, 2.05) is 11.0 Å². The fourth-order valence-corrected chi connectivity index (χ4v) is 5.72. The predicted molar refractivity (Wildman–Crippen MR) is 78.9 cm³/mol. The summed E-state index contributed by atoms with van der Waals surface area (Å²) in [7, 11) is 0. The Balaban J connectivity index is 1.45. The molecule has 0 aromatic rings. The van der Waals surface area contributed by atoms with Crippen molar-refractivity contribution in [2.75, 3.05) is 13.1 Å². The molecule has 3 heteroatoms. The third kappa shape index (κ3) is 2.20. The summed E-state index contributed by atoms with van der Waals surface area (Å²) in [6.07, 6.45) is 13.5. The maximum Gasteiger partial charge on any atom is 0.246 e. The molecule has 20 heavy (non-hydrogen) atoms. The smallest absolute Gasteiger partial charge is 0.246 e. The molecule has 0 radical (unpaired) electrons. The highest BCUT2D eigenvalue weighted by atomic mass is 16.2. The summed E-state index contributed by atoms with van der Waals surface area (Å²) >= 11 is 0. The predicted octanol–water partition coefficient (Wildman–Crippen LogP) is 2.32. The van der Waals surface area contributed by atoms with Crippen molar-refractivity contribution in [3.63, 3.8) is 0 Å². The molecule has 5 aliphatic rings. The van der Waals surface area contributed by atoms with Gasteiger partial charge in [0.15, 0.2) is 0 Å². The molecule has 1 saturated heterocycles. The average Bonchev–Trinajstić information content (AvgIpc) is 2.81. The van der Waals surface area contributed by atoms with Gasteiger partial charge in [-0.2, -0.15) is 0 Å². The summed E-state index contributed by atoms with van der Waals surface area (Å²) in [5.41, 5.74) is 6.25. The van der Waals surface area contributed by atoms with Crippen LogP contribution in [0.1, 0.15) is 44.9 Å². The summed E-state index contributed by atoms with van der Waals surface area (Å²) in [5, 5.41) is 0. The number of rotatable bonds is 2. The van der Waals surface area contributed by atoms with Crippen LogP contribution in [0.4, 0.5) is 0 Å². The van der Waals surface area contributed by atoms with Gasteiger partial charge in [0.05, 0.1) is 0 Å². The normalized spacial score (nSPS) is 46.5. The molecule has 1 amide bonds. The number of hydrogen-bond donors (Lipinski definition) is 1. The van der Waals surface area contributed by atoms with Crippen molar-refractivity contribution in [1.29, 1.82) is 0 Å². The van der Waals surface area contributed by atoms with Crippen LogP contribution in [0, 0.1) is 23.2 Å². The van der Waals surface area contributed by atoms with Gasteiger partial charge in [0.25, 0.3) is 0 Å². The molecule has 0 aromatic heterocycles. The minimum atomic E-state index is 0.187. The Hall–Kier alpha value is -0.830. The van der Waals surface area contributed by atoms with Crippen LogP contribution < -0.4 is 5.73 Å². The van der Waals surface area contributed by atoms with Crippen LogP contribution in [0.2, 0.25) is 0 Å². The van der Waals surface area contributed by atoms with Gasteiger partial charge >= 0.3 is 0 Å². The number of hydrogen-bond acceptors (Lipinski definition) is 2. The van der Waals surface area contributed by atoms with Gasteiger partial charge in [-0.3, -0.25) is 4.79 Å². The number of carbonyl (C=O) groups excluding carboxylic acids is 1. The molecule has 0 spiro atoms. The molecule has 5 rings (SSSR count). The van der Waals surface area contributed by atoms with E-state index < -0.39 is 0 Å². The van der Waals surface area contributed by atoms with Crippen molar-refractivity contribution < 1.29 is 4.79 Å². The van der Waals surface area contributed by atoms with Crippen LogP contribution in [-0.4, -0.2) is 29.9 Å². The van der Waals surface area contributed by atoms with Crippen LogP contribution in [0.15, 0.2) is 12.2 Å². The quantitative estimate of drug-likeness (QED) is 0.786. The van der Waals surface area contributed by atoms with E-state index in [0.717, 1.165) is 37.3 Å². The topological polar surface area (TPSA) is 46.3 Å². The van der Waals surface area contributed by atoms with E-state index in [0.29, 0.717) is 5.41 Å². The zero-order chi connectivity index (χ0) is 13.7. The number of amides is 1. The molecule has 5 fully saturated rings. The minimum Gasteiger partial charge on any atom is -0.338 e. The molecule has 110 valence electrons. The second kappa shape index (κ2) is 4.59. The highest BCUT2D eigenvalue weighted by Crippen LogP contribution is 2.60. The van der Waals surface area contributed by atoms with Crippen molar-refractivity contribution >= 4 is 5.91 Å². The molecule has 4 aliphatic carbocycles. The Kier molecular flexibility index (Phi) is 2.95. The van der Waals surface area contributed by atoms with Gasteiger partial charge in [-0.25, -0.2) is 0 Å². The Morgan fingerprint density at radius 1 is 1.10 bits per heavy atom. The van der Waals surface area contributed by atoms with Gasteiger partial charge in [0.2, 0.25) is 5.91 Å². The molecular formula is C17H26N2O. The van der Waals surface area contributed by atoms with E-state index in [9.17, 15) is 4.79 Å². The number of nitrogens with two attached hydrogens (primary N) is 1. The third-order valence-corrected chi connectivity index (χ3v) is 6.20. The lowest BCUT2D eigenvalue weighted by molar-refractivity contribution is -0.125. The molecule has 1 unspecified atom stereocenters. The van der Waals surface area contributed by atoms with E-state index in [1.165, 1.54) is 38.5 Å². The lowest BCUT2D eigenvalue weighted by Crippen LogP contribution is -2.45. The highest BCUT2D eigenvalue weighted by molar-refractivity contribution is 5.88. The Labute approximate surface area is 121 Å². The van der Waals surface area contributed by atoms with E-state index in [2.05, 4.69) is 6.08 Å². The lowest BCUT2D eigenvalue weighted by atomic mass is 9.49. The van der Waals surface area contributed by atoms with E-state index >= 15 is 0 Å². The first-order valence-electron chi connectivity index (χ1n) is 8.36. The van der Waals surface area contributed by atoms with Crippen LogP contribution in [-0.2, 0) is 4.79 Å². The molecule has 3 nitrogen and oxygen atoms in total. The number of likely N-dealkylation sites (tertiary alicyclic amines) is 1. The fourth-order valence-electron chi connectivity index (χ4n) is 5.72. The SMILES string of the molecule is NC1CCN(C(=O)/C=C/C23CC4CC(CC(C4)C2)C3)C1. The second-order valence-electron chi connectivity index (χ2n) is 7.95. The Morgan fingerprint density at radius 2 is 1.70 bits per heavy atom. The van der Waals surface area contributed by atoms with E-state index in [1.54, 1.807) is 0 Å². The number of allylic oxidation sites excluding steroid dienone is 1. The van der Waals surface area contributed by atoms with Gasteiger partial charge in [-0.1, -0.05) is 6.08 Å². The number of carbonyl (C=O) groups is 1. The van der Waals surface area contributed by atoms with Gasteiger partial charge in [-0.15, -0.1) is 0 Å². The minimum absolute atomic E-state index is 0.187. The van der Waals surface area contributed by atoms with Crippen molar-refractivity contribution in [1.82, 2.24) is 4.90 Å². The zero-order valence-electron chi connectivity index (χ0n) is 12.3. The summed E-state index contributed by atoms with van der Waals surface area (Å²) < 4.78 is 0. The summed E-state index contributed by atoms with van der Waals surface area (Å²) in [4.78, 5) is 14.2. The molecule has 4 bridgehead atoms. The number of nitrogens with zero attached hydrogens (tertiary/aromatic N) is 1. The molecule has 1 aliphatic heterocycles. The summed E-state index contributed by atoms with van der Waals surface area (Å²) in [6, 6.07) is 0.187. The fraction of sp³-hybridized carbons (Fsp3) is 0.824. The van der Waals surface area contributed by atoms with Crippen molar-refractivity contribution in [2.24, 2.45) is 28.9 Å². The Morgan fingerprint density at radius 3 is 2.20 bits per heavy atom. The molecule has 4 saturated carbocycles. The van der Waals surface area contributed by atoms with Crippen LogP contribution in [0.3, 0.4) is 0 Å². The van der Waals surface area contributed by atoms with Gasteiger partial charge < -0.3 is 10.6 Å². The molecular weight excluding hydrogens is 248 g/mol. The monoisotopic (exact) mass is 274 g/mol. The first-order valence-corrected chi connectivity index (χ1v) is 8.36. The zero-order valence-corrected chi connectivity index (χ0v) is 12.3. The Bertz CT molecular complexity index is 407. The summed E-state index contributed by atoms with van der Waals surface area (Å²) in [6.45, 7) is 1.58. The second-order valence-corrected chi connectivity index (χ2v) is 7.95. The molecule has 1 atom stereocenters. The van der Waals surface area contributed by atoms with E-state index in [-0.39, 0.29) is 11.9 Å². The van der Waals surface area contributed by atoms with Crippen molar-refractivity contribution in [3.05, 3.63) is 12.2 Å². The average molecular weight is 274 g/mol. The molecule has 1 heterocycles. The van der Waals surface area contributed by atoms with Crippen LogP contribution in [0.5, 0.6) is 0 Å².